The number of hydrogen-bond acceptors (Lipinski definition) is 2. The molecule has 0 saturated carbocycles. The molecule has 0 spiro atoms. The zero-order valence-electron chi connectivity index (χ0n) is 8.79. The van der Waals surface area contributed by atoms with Crippen molar-refractivity contribution < 1.29 is 4.79 Å². The Hall–Kier alpha value is -1.51. The molecule has 0 aliphatic carbocycles. The van der Waals surface area contributed by atoms with Gasteiger partial charge in [0, 0.05) is 17.3 Å². The Morgan fingerprint density at radius 3 is 2.50 bits per heavy atom. The van der Waals surface area contributed by atoms with Gasteiger partial charge in [0.2, 0.25) is 0 Å². The number of rotatable bonds is 2. The van der Waals surface area contributed by atoms with Crippen LogP contribution in [0.3, 0.4) is 0 Å². The fraction of sp³-hybridized carbons (Fsp3) is 0.364. The first kappa shape index (κ1) is 10.6. The second-order valence-electron chi connectivity index (χ2n) is 3.76. The van der Waals surface area contributed by atoms with E-state index in [1.807, 2.05) is 32.9 Å². The maximum Gasteiger partial charge on any atom is 0.251 e. The van der Waals surface area contributed by atoms with Gasteiger partial charge in [-0.15, -0.1) is 0 Å². The third-order valence-corrected chi connectivity index (χ3v) is 1.78. The van der Waals surface area contributed by atoms with E-state index in [1.54, 1.807) is 6.07 Å². The maximum absolute atomic E-state index is 11.6. The number of carbonyl (C=O) groups is 1. The van der Waals surface area contributed by atoms with Gasteiger partial charge < -0.3 is 11.1 Å². The average molecular weight is 192 g/mol. The van der Waals surface area contributed by atoms with Crippen molar-refractivity contribution in [2.45, 2.75) is 26.8 Å². The number of nitrogen functional groups attached to an aromatic ring is 1. The van der Waals surface area contributed by atoms with Gasteiger partial charge in [0.05, 0.1) is 0 Å². The van der Waals surface area contributed by atoms with Gasteiger partial charge in [-0.2, -0.15) is 0 Å². The Morgan fingerprint density at radius 1 is 1.36 bits per heavy atom. The second-order valence-corrected chi connectivity index (χ2v) is 3.76. The highest BCUT2D eigenvalue weighted by Crippen LogP contribution is 2.11. The summed E-state index contributed by atoms with van der Waals surface area (Å²) in [5.41, 5.74) is 7.89. The van der Waals surface area contributed by atoms with Crippen LogP contribution in [0.25, 0.3) is 0 Å². The molecule has 0 radical (unpaired) electrons. The van der Waals surface area contributed by atoms with E-state index in [2.05, 4.69) is 5.32 Å². The summed E-state index contributed by atoms with van der Waals surface area (Å²) in [6.45, 7) is 5.77. The Bertz CT molecular complexity index is 325. The molecule has 0 fully saturated rings. The molecule has 3 N–H and O–H groups in total. The van der Waals surface area contributed by atoms with Gasteiger partial charge in [-0.05, 0) is 44.5 Å². The molecule has 0 unspecified atom stereocenters. The molecule has 1 rings (SSSR count). The van der Waals surface area contributed by atoms with Crippen molar-refractivity contribution in [3.05, 3.63) is 29.3 Å². The van der Waals surface area contributed by atoms with E-state index in [4.69, 9.17) is 5.73 Å². The number of nitrogens with two attached hydrogens (primary N) is 1. The molecular weight excluding hydrogens is 176 g/mol. The van der Waals surface area contributed by atoms with Crippen molar-refractivity contribution in [1.82, 2.24) is 5.32 Å². The van der Waals surface area contributed by atoms with E-state index < -0.39 is 0 Å². The van der Waals surface area contributed by atoms with Crippen LogP contribution in [0, 0.1) is 6.92 Å². The average Bonchev–Trinajstić information content (AvgIpc) is 2.00. The van der Waals surface area contributed by atoms with Crippen LogP contribution in [0.1, 0.15) is 29.8 Å². The highest BCUT2D eigenvalue weighted by Gasteiger charge is 2.07. The summed E-state index contributed by atoms with van der Waals surface area (Å²) in [7, 11) is 0. The summed E-state index contributed by atoms with van der Waals surface area (Å²) in [4.78, 5) is 11.6. The van der Waals surface area contributed by atoms with Crippen LogP contribution >= 0.6 is 0 Å². The van der Waals surface area contributed by atoms with Crippen molar-refractivity contribution in [3.8, 4) is 0 Å². The molecule has 1 amide bonds. The van der Waals surface area contributed by atoms with Crippen molar-refractivity contribution >= 4 is 11.6 Å². The zero-order chi connectivity index (χ0) is 10.7. The minimum Gasteiger partial charge on any atom is -0.399 e. The van der Waals surface area contributed by atoms with Gasteiger partial charge in [-0.1, -0.05) is 0 Å². The number of amides is 1. The molecule has 3 nitrogen and oxygen atoms in total. The lowest BCUT2D eigenvalue weighted by atomic mass is 10.1. The number of anilines is 1. The maximum atomic E-state index is 11.6. The van der Waals surface area contributed by atoms with Gasteiger partial charge in [0.15, 0.2) is 0 Å². The van der Waals surface area contributed by atoms with Gasteiger partial charge in [0.25, 0.3) is 5.91 Å². The molecule has 0 aromatic heterocycles. The highest BCUT2D eigenvalue weighted by molar-refractivity contribution is 5.95. The van der Waals surface area contributed by atoms with Crippen molar-refractivity contribution in [1.29, 1.82) is 0 Å². The lowest BCUT2D eigenvalue weighted by Crippen LogP contribution is -2.30. The molecule has 1 aromatic rings. The summed E-state index contributed by atoms with van der Waals surface area (Å²) in [6, 6.07) is 5.49. The Balaban J connectivity index is 2.90. The van der Waals surface area contributed by atoms with Crippen LogP contribution in [0.15, 0.2) is 18.2 Å². The van der Waals surface area contributed by atoms with Crippen LogP contribution in [0.5, 0.6) is 0 Å². The number of hydrogen-bond donors (Lipinski definition) is 2. The molecule has 76 valence electrons. The minimum absolute atomic E-state index is 0.0737. The molecule has 0 bridgehead atoms. The molecule has 0 saturated heterocycles. The molecule has 1 aromatic carbocycles. The van der Waals surface area contributed by atoms with E-state index in [0.29, 0.717) is 11.3 Å². The largest absolute Gasteiger partial charge is 0.399 e. The smallest absolute Gasteiger partial charge is 0.251 e. The fourth-order valence-electron chi connectivity index (χ4n) is 1.29. The molecule has 0 aliphatic rings. The summed E-state index contributed by atoms with van der Waals surface area (Å²) in [6.07, 6.45) is 0. The Labute approximate surface area is 84.3 Å². The normalized spacial score (nSPS) is 10.3. The van der Waals surface area contributed by atoms with Crippen molar-refractivity contribution in [2.24, 2.45) is 0 Å². The van der Waals surface area contributed by atoms with E-state index in [1.165, 1.54) is 0 Å². The number of nitrogens with one attached hydrogen (secondary N) is 1. The monoisotopic (exact) mass is 192 g/mol. The summed E-state index contributed by atoms with van der Waals surface area (Å²) in [5.74, 6) is -0.0737. The molecular formula is C11H16N2O. The lowest BCUT2D eigenvalue weighted by molar-refractivity contribution is 0.0943. The third kappa shape index (κ3) is 2.76. The van der Waals surface area contributed by atoms with Crippen LogP contribution in [0.4, 0.5) is 5.69 Å². The van der Waals surface area contributed by atoms with Crippen LogP contribution in [-0.2, 0) is 0 Å². The van der Waals surface area contributed by atoms with Gasteiger partial charge in [-0.25, -0.2) is 0 Å². The third-order valence-electron chi connectivity index (χ3n) is 1.78. The minimum atomic E-state index is -0.0737. The van der Waals surface area contributed by atoms with E-state index in [9.17, 15) is 4.79 Å². The Morgan fingerprint density at radius 2 is 2.00 bits per heavy atom. The van der Waals surface area contributed by atoms with E-state index >= 15 is 0 Å². The first-order valence-corrected chi connectivity index (χ1v) is 4.67. The predicted molar refractivity (Wildman–Crippen MR) is 58.2 cm³/mol. The summed E-state index contributed by atoms with van der Waals surface area (Å²) < 4.78 is 0. The topological polar surface area (TPSA) is 55.1 Å². The summed E-state index contributed by atoms with van der Waals surface area (Å²) in [5, 5.41) is 2.82. The zero-order valence-corrected chi connectivity index (χ0v) is 8.79. The molecule has 3 heteroatoms. The Kier molecular flexibility index (Phi) is 3.12. The first-order chi connectivity index (χ1) is 6.49. The van der Waals surface area contributed by atoms with Crippen molar-refractivity contribution in [2.75, 3.05) is 5.73 Å². The fourth-order valence-corrected chi connectivity index (χ4v) is 1.29. The number of aryl methyl sites for hydroxylation is 1. The SMILES string of the molecule is Cc1cc(N)cc(C(=O)NC(C)C)c1. The van der Waals surface area contributed by atoms with Crippen LogP contribution in [0.2, 0.25) is 0 Å². The highest BCUT2D eigenvalue weighted by atomic mass is 16.1. The molecule has 14 heavy (non-hydrogen) atoms. The summed E-state index contributed by atoms with van der Waals surface area (Å²) >= 11 is 0. The molecule has 0 heterocycles. The first-order valence-electron chi connectivity index (χ1n) is 4.67. The lowest BCUT2D eigenvalue weighted by Gasteiger charge is -2.09. The standard InChI is InChI=1S/C11H16N2O/c1-7(2)13-11(14)9-4-8(3)5-10(12)6-9/h4-7H,12H2,1-3H3,(H,13,14). The number of carbonyl (C=O) groups excluding carboxylic acids is 1. The van der Waals surface area contributed by atoms with E-state index in [0.717, 1.165) is 5.56 Å². The van der Waals surface area contributed by atoms with Gasteiger partial charge in [0.1, 0.15) is 0 Å². The quantitative estimate of drug-likeness (QED) is 0.701. The number of benzene rings is 1. The van der Waals surface area contributed by atoms with Crippen molar-refractivity contribution in [3.63, 3.8) is 0 Å². The van der Waals surface area contributed by atoms with Gasteiger partial charge in [-0.3, -0.25) is 4.79 Å². The van der Waals surface area contributed by atoms with E-state index in [-0.39, 0.29) is 11.9 Å². The predicted octanol–water partition coefficient (Wildman–Crippen LogP) is 1.72. The molecule has 0 atom stereocenters. The molecule has 0 aliphatic heterocycles. The van der Waals surface area contributed by atoms with Crippen LogP contribution < -0.4 is 11.1 Å². The second kappa shape index (κ2) is 4.13. The van der Waals surface area contributed by atoms with Gasteiger partial charge >= 0.3 is 0 Å². The van der Waals surface area contributed by atoms with Crippen LogP contribution in [-0.4, -0.2) is 11.9 Å².